The topological polar surface area (TPSA) is 61.8 Å². The molecule has 3 aromatic carbocycles. The minimum atomic E-state index is -0.436. The van der Waals surface area contributed by atoms with Crippen molar-refractivity contribution in [2.45, 2.75) is 18.5 Å². The highest BCUT2D eigenvalue weighted by Gasteiger charge is 2.45. The Bertz CT molecular complexity index is 1300. The molecule has 2 aliphatic rings. The number of hydrogen-bond donors (Lipinski definition) is 2. The number of para-hydroxylation sites is 1. The van der Waals surface area contributed by atoms with E-state index in [9.17, 15) is 14.3 Å². The third-order valence-corrected chi connectivity index (χ3v) is 6.65. The van der Waals surface area contributed by atoms with Gasteiger partial charge in [0, 0.05) is 29.3 Å². The van der Waals surface area contributed by atoms with E-state index in [1.54, 1.807) is 24.1 Å². The molecule has 2 N–H and O–H groups in total. The normalized spacial score (nSPS) is 20.4. The zero-order chi connectivity index (χ0) is 23.7. The summed E-state index contributed by atoms with van der Waals surface area (Å²) in [5.41, 5.74) is 3.78. The van der Waals surface area contributed by atoms with Crippen LogP contribution < -0.4 is 10.1 Å². The monoisotopic (exact) mass is 456 g/mol. The number of rotatable bonds is 3. The molecular formula is C28H25FN2O3. The lowest BCUT2D eigenvalue weighted by molar-refractivity contribution is 0.0700. The van der Waals surface area contributed by atoms with E-state index >= 15 is 0 Å². The Hall–Kier alpha value is -3.82. The summed E-state index contributed by atoms with van der Waals surface area (Å²) in [4.78, 5) is 15.2. The minimum Gasteiger partial charge on any atom is -0.495 e. The molecule has 2 heterocycles. The van der Waals surface area contributed by atoms with E-state index in [0.717, 1.165) is 28.8 Å². The Morgan fingerprint density at radius 1 is 1.15 bits per heavy atom. The van der Waals surface area contributed by atoms with Gasteiger partial charge in [-0.1, -0.05) is 30.0 Å². The molecule has 0 aliphatic carbocycles. The van der Waals surface area contributed by atoms with E-state index in [4.69, 9.17) is 4.74 Å². The van der Waals surface area contributed by atoms with E-state index in [0.29, 0.717) is 17.9 Å². The fourth-order valence-corrected chi connectivity index (χ4v) is 5.04. The van der Waals surface area contributed by atoms with Crippen LogP contribution in [0.1, 0.15) is 39.5 Å². The average Bonchev–Trinajstić information content (AvgIpc) is 3.32. The second kappa shape index (κ2) is 9.20. The highest BCUT2D eigenvalue weighted by atomic mass is 19.1. The van der Waals surface area contributed by atoms with Gasteiger partial charge in [-0.25, -0.2) is 4.39 Å². The largest absolute Gasteiger partial charge is 0.495 e. The van der Waals surface area contributed by atoms with Crippen LogP contribution in [0.4, 0.5) is 10.1 Å². The van der Waals surface area contributed by atoms with Crippen molar-refractivity contribution in [2.24, 2.45) is 5.92 Å². The van der Waals surface area contributed by atoms with Crippen molar-refractivity contribution in [3.63, 3.8) is 0 Å². The van der Waals surface area contributed by atoms with E-state index in [1.807, 2.05) is 42.5 Å². The summed E-state index contributed by atoms with van der Waals surface area (Å²) in [5, 5.41) is 13.4. The lowest BCUT2D eigenvalue weighted by atomic mass is 9.82. The Labute approximate surface area is 198 Å². The first-order valence-corrected chi connectivity index (χ1v) is 11.3. The summed E-state index contributed by atoms with van der Waals surface area (Å²) in [6.07, 6.45) is 0.751. The number of fused-ring (bicyclic) bond motifs is 3. The molecule has 172 valence electrons. The van der Waals surface area contributed by atoms with Gasteiger partial charge in [0.25, 0.3) is 5.91 Å². The van der Waals surface area contributed by atoms with Crippen molar-refractivity contribution in [1.29, 1.82) is 0 Å². The van der Waals surface area contributed by atoms with Gasteiger partial charge in [-0.15, -0.1) is 0 Å². The number of ether oxygens (including phenoxy) is 1. The molecule has 3 aromatic rings. The number of carbonyl (C=O) groups excluding carboxylic acids is 1. The molecule has 1 saturated heterocycles. The van der Waals surface area contributed by atoms with Gasteiger partial charge in [0.05, 0.1) is 31.4 Å². The van der Waals surface area contributed by atoms with Gasteiger partial charge in [0.2, 0.25) is 0 Å². The molecule has 5 rings (SSSR count). The number of halogens is 1. The number of carbonyl (C=O) groups is 1. The third-order valence-electron chi connectivity index (χ3n) is 6.65. The van der Waals surface area contributed by atoms with Crippen molar-refractivity contribution < 1.29 is 19.0 Å². The fraction of sp³-hybridized carbons (Fsp3) is 0.250. The summed E-state index contributed by atoms with van der Waals surface area (Å²) in [6, 6.07) is 18.9. The van der Waals surface area contributed by atoms with E-state index in [2.05, 4.69) is 17.2 Å². The number of aliphatic hydroxyl groups is 1. The summed E-state index contributed by atoms with van der Waals surface area (Å²) in [5.74, 6) is 6.51. The molecule has 1 fully saturated rings. The molecule has 1 amide bonds. The minimum absolute atomic E-state index is 0.0298. The number of anilines is 1. The van der Waals surface area contributed by atoms with Crippen LogP contribution >= 0.6 is 0 Å². The zero-order valence-electron chi connectivity index (χ0n) is 18.8. The average molecular weight is 457 g/mol. The van der Waals surface area contributed by atoms with Crippen molar-refractivity contribution in [2.75, 3.05) is 25.6 Å². The summed E-state index contributed by atoms with van der Waals surface area (Å²) >= 11 is 0. The first-order valence-electron chi connectivity index (χ1n) is 11.3. The van der Waals surface area contributed by atoms with Crippen LogP contribution in [0, 0.1) is 23.6 Å². The lowest BCUT2D eigenvalue weighted by Gasteiger charge is -2.39. The van der Waals surface area contributed by atoms with Gasteiger partial charge in [-0.05, 0) is 60.5 Å². The molecule has 0 radical (unpaired) electrons. The van der Waals surface area contributed by atoms with Crippen molar-refractivity contribution in [3.8, 4) is 17.6 Å². The molecule has 34 heavy (non-hydrogen) atoms. The van der Waals surface area contributed by atoms with Gasteiger partial charge >= 0.3 is 0 Å². The van der Waals surface area contributed by atoms with Crippen LogP contribution in [0.3, 0.4) is 0 Å². The summed E-state index contributed by atoms with van der Waals surface area (Å²) in [6.45, 7) is 0.511. The molecule has 0 saturated carbocycles. The number of hydrogen-bond acceptors (Lipinski definition) is 4. The van der Waals surface area contributed by atoms with Crippen LogP contribution in [0.15, 0.2) is 66.7 Å². The maximum atomic E-state index is 13.8. The van der Waals surface area contributed by atoms with Crippen molar-refractivity contribution >= 4 is 11.6 Å². The number of amides is 1. The first kappa shape index (κ1) is 22.0. The third kappa shape index (κ3) is 4.00. The zero-order valence-corrected chi connectivity index (χ0v) is 18.8. The second-order valence-corrected chi connectivity index (χ2v) is 8.59. The van der Waals surface area contributed by atoms with E-state index in [-0.39, 0.29) is 30.5 Å². The highest BCUT2D eigenvalue weighted by Crippen LogP contribution is 2.47. The number of methoxy groups -OCH3 is 1. The highest BCUT2D eigenvalue weighted by molar-refractivity contribution is 5.95. The molecule has 0 aromatic heterocycles. The van der Waals surface area contributed by atoms with Gasteiger partial charge in [-0.2, -0.15) is 0 Å². The maximum Gasteiger partial charge on any atom is 0.254 e. The van der Waals surface area contributed by atoms with E-state index < -0.39 is 5.82 Å². The molecule has 0 bridgehead atoms. The van der Waals surface area contributed by atoms with Gasteiger partial charge in [0.1, 0.15) is 11.6 Å². The smallest absolute Gasteiger partial charge is 0.254 e. The molecule has 3 atom stereocenters. The number of likely N-dealkylation sites (tertiary alicyclic amines) is 1. The van der Waals surface area contributed by atoms with E-state index in [1.165, 1.54) is 12.1 Å². The summed E-state index contributed by atoms with van der Waals surface area (Å²) < 4.78 is 19.2. The SMILES string of the molecule is COc1ccccc1C#Cc1ccc2c(c1)[C@H]1[C@H](CCN1C(=O)c1cccc(F)c1)[C@H](CO)N2. The molecule has 0 unspecified atom stereocenters. The fourth-order valence-electron chi connectivity index (χ4n) is 5.04. The quantitative estimate of drug-likeness (QED) is 0.580. The number of nitrogens with one attached hydrogen (secondary N) is 1. The molecular weight excluding hydrogens is 431 g/mol. The molecule has 0 spiro atoms. The predicted molar refractivity (Wildman–Crippen MR) is 128 cm³/mol. The van der Waals surface area contributed by atoms with Crippen molar-refractivity contribution in [3.05, 3.63) is 94.8 Å². The maximum absolute atomic E-state index is 13.8. The standard InChI is InChI=1S/C28H25FN2O3/c1-34-26-8-3-2-5-19(26)11-9-18-10-12-24-23(15-18)27-22(25(17-32)30-24)13-14-31(27)28(33)20-6-4-7-21(29)16-20/h2-8,10,12,15-16,22,25,27,30,32H,13-14,17H2,1H3/t22-,25+,27-/m1/s1. The number of aliphatic hydroxyl groups excluding tert-OH is 1. The second-order valence-electron chi connectivity index (χ2n) is 8.59. The molecule has 6 heteroatoms. The van der Waals surface area contributed by atoms with Gasteiger partial charge in [0.15, 0.2) is 0 Å². The van der Waals surface area contributed by atoms with Gasteiger partial charge < -0.3 is 20.1 Å². The van der Waals surface area contributed by atoms with Crippen LogP contribution in [-0.2, 0) is 0 Å². The Morgan fingerprint density at radius 2 is 2.00 bits per heavy atom. The summed E-state index contributed by atoms with van der Waals surface area (Å²) in [7, 11) is 1.62. The molecule has 5 nitrogen and oxygen atoms in total. The lowest BCUT2D eigenvalue weighted by Crippen LogP contribution is -2.42. The molecule has 2 aliphatic heterocycles. The Morgan fingerprint density at radius 3 is 2.79 bits per heavy atom. The first-order chi connectivity index (χ1) is 16.6. The predicted octanol–water partition coefficient (Wildman–Crippen LogP) is 4.22. The van der Waals surface area contributed by atoms with Crippen LogP contribution in [0.25, 0.3) is 0 Å². The van der Waals surface area contributed by atoms with Crippen molar-refractivity contribution in [1.82, 2.24) is 4.90 Å². The Kier molecular flexibility index (Phi) is 5.95. The van der Waals surface area contributed by atoms with Crippen LogP contribution in [0.2, 0.25) is 0 Å². The number of nitrogens with zero attached hydrogens (tertiary/aromatic N) is 1. The van der Waals surface area contributed by atoms with Crippen LogP contribution in [-0.4, -0.2) is 42.2 Å². The number of benzene rings is 3. The Balaban J connectivity index is 1.52. The van der Waals surface area contributed by atoms with Gasteiger partial charge in [-0.3, -0.25) is 4.79 Å². The van der Waals surface area contributed by atoms with Crippen LogP contribution in [0.5, 0.6) is 5.75 Å².